The van der Waals surface area contributed by atoms with Gasteiger partial charge in [-0.15, -0.1) is 0 Å². The number of hydrogen-bond donors (Lipinski definition) is 0. The third-order valence-electron chi connectivity index (χ3n) is 0.498. The zero-order valence-electron chi connectivity index (χ0n) is 3.62. The summed E-state index contributed by atoms with van der Waals surface area (Å²) in [4.78, 5) is 1.09. The lowest BCUT2D eigenvalue weighted by Gasteiger charge is -1.76. The lowest BCUT2D eigenvalue weighted by Crippen LogP contribution is -1.75. The molecule has 0 spiro atoms. The minimum Gasteiger partial charge on any atom is -0.0900 e. The molecule has 0 bridgehead atoms. The van der Waals surface area contributed by atoms with E-state index in [0.29, 0.717) is 0 Å². The molecule has 0 saturated carbocycles. The van der Waals surface area contributed by atoms with Crippen LogP contribution in [0.2, 0.25) is 0 Å². The highest BCUT2D eigenvalue weighted by molar-refractivity contribution is 7.80. The smallest absolute Gasteiger partial charge is 0.0105 e. The Labute approximate surface area is 45.6 Å². The second-order valence-corrected chi connectivity index (χ2v) is 1.75. The fourth-order valence-electron chi connectivity index (χ4n) is 0. The topological polar surface area (TPSA) is 0 Å². The minimum atomic E-state index is 0. The van der Waals surface area contributed by atoms with E-state index in [-0.39, 0.29) is 7.43 Å². The van der Waals surface area contributed by atoms with E-state index in [1.165, 1.54) is 0 Å². The fourth-order valence-corrected chi connectivity index (χ4v) is 0. The van der Waals surface area contributed by atoms with Crippen molar-refractivity contribution < 1.29 is 0 Å². The van der Waals surface area contributed by atoms with Gasteiger partial charge in [-0.2, -0.15) is 0 Å². The Kier molecular flexibility index (Phi) is 8.00. The van der Waals surface area contributed by atoms with Gasteiger partial charge >= 0.3 is 0 Å². The van der Waals surface area contributed by atoms with E-state index in [9.17, 15) is 0 Å². The average Bonchev–Trinajstić information content (AvgIpc) is 1.38. The number of hydrogen-bond acceptors (Lipinski definition) is 1. The van der Waals surface area contributed by atoms with Crippen LogP contribution in [0.4, 0.5) is 0 Å². The Bertz CT molecular complexity index is 39.2. The van der Waals surface area contributed by atoms with Crippen LogP contribution >= 0.6 is 12.2 Å². The van der Waals surface area contributed by atoms with E-state index in [1.54, 1.807) is 0 Å². The quantitative estimate of drug-likeness (QED) is 0.460. The molecule has 0 fully saturated rings. The predicted molar refractivity (Wildman–Crippen MR) is 35.3 cm³/mol. The molecular formula is C5H12S. The Morgan fingerprint density at radius 3 is 1.83 bits per heavy atom. The maximum Gasteiger partial charge on any atom is -0.0105 e. The van der Waals surface area contributed by atoms with Gasteiger partial charge in [-0.25, -0.2) is 0 Å². The first-order chi connectivity index (χ1) is 2.27. The highest BCUT2D eigenvalue weighted by atomic mass is 32.1. The highest BCUT2D eigenvalue weighted by Crippen LogP contribution is 1.77. The molecule has 0 rings (SSSR count). The Morgan fingerprint density at radius 1 is 1.67 bits per heavy atom. The van der Waals surface area contributed by atoms with Gasteiger partial charge in [-0.05, 0) is 18.2 Å². The normalized spacial score (nSPS) is 6.33. The zero-order valence-corrected chi connectivity index (χ0v) is 4.43. The van der Waals surface area contributed by atoms with Gasteiger partial charge in [0.1, 0.15) is 0 Å². The van der Waals surface area contributed by atoms with Gasteiger partial charge in [-0.3, -0.25) is 0 Å². The van der Waals surface area contributed by atoms with Crippen molar-refractivity contribution in [1.29, 1.82) is 0 Å². The number of rotatable bonds is 1. The summed E-state index contributed by atoms with van der Waals surface area (Å²) in [5.41, 5.74) is 0. The fraction of sp³-hybridized carbons (Fsp3) is 0.800. The molecule has 0 aliphatic rings. The maximum absolute atomic E-state index is 4.70. The average molecular weight is 104 g/mol. The zero-order chi connectivity index (χ0) is 4.28. The van der Waals surface area contributed by atoms with Crippen LogP contribution < -0.4 is 0 Å². The summed E-state index contributed by atoms with van der Waals surface area (Å²) in [7, 11) is 0. The van der Waals surface area contributed by atoms with E-state index >= 15 is 0 Å². The molecule has 0 aromatic carbocycles. The summed E-state index contributed by atoms with van der Waals surface area (Å²) in [6.45, 7) is 4.01. The van der Waals surface area contributed by atoms with Gasteiger partial charge in [0.2, 0.25) is 0 Å². The van der Waals surface area contributed by atoms with Gasteiger partial charge in [0.15, 0.2) is 0 Å². The van der Waals surface area contributed by atoms with Crippen LogP contribution in [0, 0.1) is 0 Å². The molecule has 0 aromatic heterocycles. The summed E-state index contributed by atoms with van der Waals surface area (Å²) >= 11 is 4.70. The van der Waals surface area contributed by atoms with Crippen molar-refractivity contribution in [3.63, 3.8) is 0 Å². The largest absolute Gasteiger partial charge is 0.0900 e. The number of thiocarbonyl (C=S) groups is 1. The van der Waals surface area contributed by atoms with E-state index in [4.69, 9.17) is 12.2 Å². The molecular weight excluding hydrogens is 92.1 g/mol. The van der Waals surface area contributed by atoms with Gasteiger partial charge < -0.3 is 0 Å². The summed E-state index contributed by atoms with van der Waals surface area (Å²) in [6, 6.07) is 0. The van der Waals surface area contributed by atoms with Crippen molar-refractivity contribution in [3.05, 3.63) is 0 Å². The minimum absolute atomic E-state index is 0. The Morgan fingerprint density at radius 2 is 1.83 bits per heavy atom. The van der Waals surface area contributed by atoms with Gasteiger partial charge in [0.25, 0.3) is 0 Å². The Hall–Kier alpha value is 0.0900. The summed E-state index contributed by atoms with van der Waals surface area (Å²) in [6.07, 6.45) is 1.04. The standard InChI is InChI=1S/C4H8S.CH4/c1-3-4(2)5;/h3H2,1-2H3;1H4. The molecule has 0 radical (unpaired) electrons. The van der Waals surface area contributed by atoms with Crippen LogP contribution in [0.25, 0.3) is 0 Å². The van der Waals surface area contributed by atoms with Crippen LogP contribution in [0.1, 0.15) is 27.7 Å². The molecule has 0 N–H and O–H groups in total. The van der Waals surface area contributed by atoms with Gasteiger partial charge in [-0.1, -0.05) is 26.6 Å². The van der Waals surface area contributed by atoms with E-state index in [1.807, 2.05) is 6.92 Å². The van der Waals surface area contributed by atoms with Crippen LogP contribution in [0.5, 0.6) is 0 Å². The molecule has 0 aliphatic carbocycles. The summed E-state index contributed by atoms with van der Waals surface area (Å²) < 4.78 is 0. The first-order valence-electron chi connectivity index (χ1n) is 1.76. The molecule has 0 nitrogen and oxygen atoms in total. The van der Waals surface area contributed by atoms with Crippen LogP contribution in [-0.2, 0) is 0 Å². The van der Waals surface area contributed by atoms with Crippen molar-refractivity contribution in [1.82, 2.24) is 0 Å². The van der Waals surface area contributed by atoms with Crippen LogP contribution in [0.15, 0.2) is 0 Å². The van der Waals surface area contributed by atoms with E-state index in [0.717, 1.165) is 11.3 Å². The molecule has 38 valence electrons. The van der Waals surface area contributed by atoms with Crippen LogP contribution in [-0.4, -0.2) is 4.86 Å². The monoisotopic (exact) mass is 104 g/mol. The van der Waals surface area contributed by atoms with Crippen molar-refractivity contribution in [2.24, 2.45) is 0 Å². The molecule has 0 unspecified atom stereocenters. The van der Waals surface area contributed by atoms with Gasteiger partial charge in [0, 0.05) is 0 Å². The summed E-state index contributed by atoms with van der Waals surface area (Å²) in [5.74, 6) is 0. The molecule has 1 heteroatoms. The third kappa shape index (κ3) is 8.94. The van der Waals surface area contributed by atoms with Crippen LogP contribution in [0.3, 0.4) is 0 Å². The molecule has 0 saturated heterocycles. The third-order valence-corrected chi connectivity index (χ3v) is 0.787. The highest BCUT2D eigenvalue weighted by Gasteiger charge is 1.71. The predicted octanol–water partition coefficient (Wildman–Crippen LogP) is 2.42. The van der Waals surface area contributed by atoms with Crippen molar-refractivity contribution in [2.45, 2.75) is 27.7 Å². The summed E-state index contributed by atoms with van der Waals surface area (Å²) in [5, 5.41) is 0. The van der Waals surface area contributed by atoms with Crippen molar-refractivity contribution in [2.75, 3.05) is 0 Å². The van der Waals surface area contributed by atoms with E-state index < -0.39 is 0 Å². The maximum atomic E-state index is 4.70. The van der Waals surface area contributed by atoms with Crippen molar-refractivity contribution in [3.8, 4) is 0 Å². The molecule has 0 heterocycles. The molecule has 6 heavy (non-hydrogen) atoms. The lowest BCUT2D eigenvalue weighted by molar-refractivity contribution is 1.31. The SMILES string of the molecule is C.CCC(C)=S. The Balaban J connectivity index is 0. The van der Waals surface area contributed by atoms with Gasteiger partial charge in [0.05, 0.1) is 0 Å². The first kappa shape index (κ1) is 9.43. The second-order valence-electron chi connectivity index (χ2n) is 1.06. The second kappa shape index (κ2) is 5.09. The van der Waals surface area contributed by atoms with E-state index in [2.05, 4.69) is 6.92 Å². The molecule has 0 aromatic rings. The molecule has 0 amide bonds. The molecule has 0 atom stereocenters. The first-order valence-corrected chi connectivity index (χ1v) is 2.17. The van der Waals surface area contributed by atoms with Crippen molar-refractivity contribution >= 4 is 17.1 Å². The lowest BCUT2D eigenvalue weighted by atomic mass is 10.4. The molecule has 0 aliphatic heterocycles.